The smallest absolute Gasteiger partial charge is 0.232 e. The monoisotopic (exact) mass is 357 g/mol. The summed E-state index contributed by atoms with van der Waals surface area (Å²) < 4.78 is 0. The van der Waals surface area contributed by atoms with Crippen LogP contribution in [-0.2, 0) is 11.3 Å². The molecule has 142 valence electrons. The molecule has 1 aromatic carbocycles. The molecule has 0 spiro atoms. The van der Waals surface area contributed by atoms with Crippen LogP contribution in [0.25, 0.3) is 0 Å². The summed E-state index contributed by atoms with van der Waals surface area (Å²) in [5, 5.41) is 16.3. The lowest BCUT2D eigenvalue weighted by Crippen LogP contribution is -2.44. The molecule has 2 atom stereocenters. The SMILES string of the molecule is O=C(Nc1cccc(CN2CCC(O)CC2)c1)[C@@]12CCCC[C@H]1CNC2. The van der Waals surface area contributed by atoms with Crippen molar-refractivity contribution in [2.75, 3.05) is 31.5 Å². The Morgan fingerprint density at radius 1 is 1.27 bits per heavy atom. The fourth-order valence-corrected chi connectivity index (χ4v) is 5.03. The van der Waals surface area contributed by atoms with Gasteiger partial charge >= 0.3 is 0 Å². The minimum Gasteiger partial charge on any atom is -0.393 e. The summed E-state index contributed by atoms with van der Waals surface area (Å²) in [6.45, 7) is 4.56. The number of likely N-dealkylation sites (tertiary alicyclic amines) is 1. The van der Waals surface area contributed by atoms with E-state index in [4.69, 9.17) is 0 Å². The molecule has 4 rings (SSSR count). The molecule has 3 N–H and O–H groups in total. The van der Waals surface area contributed by atoms with E-state index in [1.165, 1.54) is 18.4 Å². The first kappa shape index (κ1) is 18.0. The Bertz CT molecular complexity index is 642. The number of fused-ring (bicyclic) bond motifs is 1. The van der Waals surface area contributed by atoms with Crippen LogP contribution in [0.1, 0.15) is 44.1 Å². The number of nitrogens with zero attached hydrogens (tertiary/aromatic N) is 1. The van der Waals surface area contributed by atoms with Gasteiger partial charge in [-0.25, -0.2) is 0 Å². The van der Waals surface area contributed by atoms with E-state index < -0.39 is 0 Å². The van der Waals surface area contributed by atoms with Crippen molar-refractivity contribution in [1.82, 2.24) is 10.2 Å². The summed E-state index contributed by atoms with van der Waals surface area (Å²) in [6.07, 6.45) is 6.15. The normalized spacial score (nSPS) is 30.1. The van der Waals surface area contributed by atoms with Crippen LogP contribution in [0, 0.1) is 11.3 Å². The summed E-state index contributed by atoms with van der Waals surface area (Å²) in [5.41, 5.74) is 1.92. The number of hydrogen-bond acceptors (Lipinski definition) is 4. The van der Waals surface area contributed by atoms with Gasteiger partial charge in [0.15, 0.2) is 0 Å². The van der Waals surface area contributed by atoms with Crippen molar-refractivity contribution in [2.45, 2.75) is 51.2 Å². The van der Waals surface area contributed by atoms with Crippen LogP contribution < -0.4 is 10.6 Å². The maximum atomic E-state index is 13.1. The van der Waals surface area contributed by atoms with Crippen molar-refractivity contribution in [3.8, 4) is 0 Å². The number of piperidine rings is 1. The van der Waals surface area contributed by atoms with E-state index in [0.717, 1.165) is 64.1 Å². The molecule has 3 fully saturated rings. The largest absolute Gasteiger partial charge is 0.393 e. The molecule has 2 saturated heterocycles. The van der Waals surface area contributed by atoms with E-state index in [-0.39, 0.29) is 17.4 Å². The van der Waals surface area contributed by atoms with Crippen LogP contribution in [0.3, 0.4) is 0 Å². The Labute approximate surface area is 156 Å². The van der Waals surface area contributed by atoms with Crippen LogP contribution >= 0.6 is 0 Å². The zero-order valence-corrected chi connectivity index (χ0v) is 15.5. The van der Waals surface area contributed by atoms with Crippen molar-refractivity contribution in [3.63, 3.8) is 0 Å². The molecule has 1 amide bonds. The number of aliphatic hydroxyl groups is 1. The van der Waals surface area contributed by atoms with Crippen molar-refractivity contribution >= 4 is 11.6 Å². The minimum absolute atomic E-state index is 0.139. The van der Waals surface area contributed by atoms with Gasteiger partial charge in [0.2, 0.25) is 5.91 Å². The third kappa shape index (κ3) is 3.66. The second-order valence-electron chi connectivity index (χ2n) is 8.39. The highest BCUT2D eigenvalue weighted by Crippen LogP contribution is 2.44. The van der Waals surface area contributed by atoms with Crippen LogP contribution in [0.5, 0.6) is 0 Å². The molecule has 5 heteroatoms. The van der Waals surface area contributed by atoms with Gasteiger partial charge in [-0.05, 0) is 55.8 Å². The number of amides is 1. The molecule has 3 aliphatic rings. The summed E-state index contributed by atoms with van der Waals surface area (Å²) in [7, 11) is 0. The number of benzene rings is 1. The lowest BCUT2D eigenvalue weighted by molar-refractivity contribution is -0.128. The van der Waals surface area contributed by atoms with Gasteiger partial charge < -0.3 is 15.7 Å². The molecule has 1 aromatic rings. The molecule has 1 aliphatic carbocycles. The highest BCUT2D eigenvalue weighted by atomic mass is 16.3. The Morgan fingerprint density at radius 3 is 2.96 bits per heavy atom. The predicted molar refractivity (Wildman–Crippen MR) is 103 cm³/mol. The standard InChI is InChI=1S/C21H31N3O2/c25-19-7-10-24(11-8-19)14-16-4-3-6-18(12-16)23-20(26)21-9-2-1-5-17(21)13-22-15-21/h3-4,6,12,17,19,22,25H,1-2,5,7-11,13-15H2,(H,23,26)/t17-,21+/m0/s1. The molecule has 2 aliphatic heterocycles. The first-order valence-electron chi connectivity index (χ1n) is 10.2. The lowest BCUT2D eigenvalue weighted by Gasteiger charge is -2.37. The average Bonchev–Trinajstić information content (AvgIpc) is 3.09. The first-order valence-corrected chi connectivity index (χ1v) is 10.2. The van der Waals surface area contributed by atoms with Crippen LogP contribution in [0.2, 0.25) is 0 Å². The lowest BCUT2D eigenvalue weighted by atomic mass is 9.67. The molecule has 0 bridgehead atoms. The highest BCUT2D eigenvalue weighted by molar-refractivity contribution is 5.96. The Balaban J connectivity index is 1.41. The fraction of sp³-hybridized carbons (Fsp3) is 0.667. The van der Waals surface area contributed by atoms with Gasteiger partial charge in [0, 0.05) is 31.9 Å². The number of aliphatic hydroxyl groups excluding tert-OH is 1. The van der Waals surface area contributed by atoms with Gasteiger partial charge in [-0.15, -0.1) is 0 Å². The molecular formula is C21H31N3O2. The molecule has 26 heavy (non-hydrogen) atoms. The number of nitrogens with one attached hydrogen (secondary N) is 2. The maximum absolute atomic E-state index is 13.1. The molecule has 5 nitrogen and oxygen atoms in total. The van der Waals surface area contributed by atoms with E-state index in [9.17, 15) is 9.90 Å². The van der Waals surface area contributed by atoms with E-state index >= 15 is 0 Å². The van der Waals surface area contributed by atoms with Gasteiger partial charge in [0.25, 0.3) is 0 Å². The van der Waals surface area contributed by atoms with Gasteiger partial charge in [0.05, 0.1) is 11.5 Å². The zero-order chi connectivity index (χ0) is 18.0. The third-order valence-corrected chi connectivity index (χ3v) is 6.64. The van der Waals surface area contributed by atoms with Crippen molar-refractivity contribution in [2.24, 2.45) is 11.3 Å². The second kappa shape index (κ2) is 7.67. The summed E-state index contributed by atoms with van der Waals surface area (Å²) in [6, 6.07) is 8.27. The summed E-state index contributed by atoms with van der Waals surface area (Å²) >= 11 is 0. The Hall–Kier alpha value is -1.43. The van der Waals surface area contributed by atoms with E-state index in [0.29, 0.717) is 5.92 Å². The maximum Gasteiger partial charge on any atom is 0.232 e. The first-order chi connectivity index (χ1) is 12.7. The van der Waals surface area contributed by atoms with Gasteiger partial charge in [-0.2, -0.15) is 0 Å². The molecule has 0 aromatic heterocycles. The summed E-state index contributed by atoms with van der Waals surface area (Å²) in [4.78, 5) is 15.5. The predicted octanol–water partition coefficient (Wildman–Crippen LogP) is 2.36. The van der Waals surface area contributed by atoms with Crippen molar-refractivity contribution in [3.05, 3.63) is 29.8 Å². The van der Waals surface area contributed by atoms with Gasteiger partial charge in [0.1, 0.15) is 0 Å². The summed E-state index contributed by atoms with van der Waals surface area (Å²) in [5.74, 6) is 0.685. The number of anilines is 1. The van der Waals surface area contributed by atoms with Crippen LogP contribution in [0.4, 0.5) is 5.69 Å². The molecule has 0 radical (unpaired) electrons. The number of carbonyl (C=O) groups excluding carboxylic acids is 1. The van der Waals surface area contributed by atoms with Crippen LogP contribution in [-0.4, -0.2) is 48.2 Å². The topological polar surface area (TPSA) is 64.6 Å². The number of carbonyl (C=O) groups is 1. The third-order valence-electron chi connectivity index (χ3n) is 6.64. The fourth-order valence-electron chi connectivity index (χ4n) is 5.03. The second-order valence-corrected chi connectivity index (χ2v) is 8.39. The quantitative estimate of drug-likeness (QED) is 0.774. The van der Waals surface area contributed by atoms with Gasteiger partial charge in [-0.1, -0.05) is 25.0 Å². The van der Waals surface area contributed by atoms with E-state index in [1.54, 1.807) is 0 Å². The van der Waals surface area contributed by atoms with Crippen LogP contribution in [0.15, 0.2) is 24.3 Å². The van der Waals surface area contributed by atoms with Gasteiger partial charge in [-0.3, -0.25) is 9.69 Å². The van der Waals surface area contributed by atoms with Crippen molar-refractivity contribution < 1.29 is 9.90 Å². The Kier molecular flexibility index (Phi) is 5.30. The zero-order valence-electron chi connectivity index (χ0n) is 15.5. The molecular weight excluding hydrogens is 326 g/mol. The molecule has 2 heterocycles. The van der Waals surface area contributed by atoms with E-state index in [2.05, 4.69) is 27.7 Å². The minimum atomic E-state index is -0.211. The Morgan fingerprint density at radius 2 is 2.12 bits per heavy atom. The molecule has 1 saturated carbocycles. The number of rotatable bonds is 4. The average molecular weight is 357 g/mol. The van der Waals surface area contributed by atoms with E-state index in [1.807, 2.05) is 12.1 Å². The molecule has 0 unspecified atom stereocenters. The highest BCUT2D eigenvalue weighted by Gasteiger charge is 2.49. The van der Waals surface area contributed by atoms with Crippen molar-refractivity contribution in [1.29, 1.82) is 0 Å². The number of hydrogen-bond donors (Lipinski definition) is 3.